The summed E-state index contributed by atoms with van der Waals surface area (Å²) in [4.78, 5) is 26.4. The molecular weight excluding hydrogens is 329 g/mol. The number of rotatable bonds is 4. The first kappa shape index (κ1) is 17.4. The summed E-state index contributed by atoms with van der Waals surface area (Å²) in [7, 11) is 0. The SMILES string of the molecule is CC(C)(C(=O)O)n1cc(NC(=O)c2cccnc2C(F)(F)F)cn1. The molecule has 0 aromatic carbocycles. The van der Waals surface area contributed by atoms with E-state index in [1.54, 1.807) is 0 Å². The summed E-state index contributed by atoms with van der Waals surface area (Å²) in [5.74, 6) is -2.18. The second-order valence-corrected chi connectivity index (χ2v) is 5.39. The maximum absolute atomic E-state index is 12.9. The van der Waals surface area contributed by atoms with E-state index >= 15 is 0 Å². The zero-order valence-electron chi connectivity index (χ0n) is 12.6. The Labute approximate surface area is 134 Å². The fourth-order valence-corrected chi connectivity index (χ4v) is 1.80. The number of alkyl halides is 3. The highest BCUT2D eigenvalue weighted by molar-refractivity contribution is 6.05. The summed E-state index contributed by atoms with van der Waals surface area (Å²) in [5, 5.41) is 15.2. The quantitative estimate of drug-likeness (QED) is 0.889. The molecule has 0 fully saturated rings. The summed E-state index contributed by atoms with van der Waals surface area (Å²) in [6.45, 7) is 2.77. The largest absolute Gasteiger partial charge is 0.479 e. The third-order valence-corrected chi connectivity index (χ3v) is 3.26. The molecule has 0 radical (unpaired) electrons. The third-order valence-electron chi connectivity index (χ3n) is 3.26. The summed E-state index contributed by atoms with van der Waals surface area (Å²) in [6.07, 6.45) is -1.47. The standard InChI is InChI=1S/C14H13F3N4O3/c1-13(2,12(23)24)21-7-8(6-19-21)20-11(22)9-4-3-5-18-10(9)14(15,16)17/h3-7H,1-2H3,(H,20,22)(H,23,24). The predicted molar refractivity (Wildman–Crippen MR) is 76.4 cm³/mol. The van der Waals surface area contributed by atoms with Gasteiger partial charge in [-0.2, -0.15) is 18.3 Å². The zero-order chi connectivity index (χ0) is 18.1. The Morgan fingerprint density at radius 1 is 1.29 bits per heavy atom. The van der Waals surface area contributed by atoms with Crippen molar-refractivity contribution in [2.75, 3.05) is 5.32 Å². The van der Waals surface area contributed by atoms with Crippen LogP contribution in [0, 0.1) is 0 Å². The number of pyridine rings is 1. The maximum Gasteiger partial charge on any atom is 0.434 e. The van der Waals surface area contributed by atoms with E-state index in [9.17, 15) is 22.8 Å². The van der Waals surface area contributed by atoms with E-state index in [2.05, 4.69) is 15.4 Å². The predicted octanol–water partition coefficient (Wildman–Crippen LogP) is 2.37. The van der Waals surface area contributed by atoms with Crippen LogP contribution in [0.1, 0.15) is 29.9 Å². The van der Waals surface area contributed by atoms with Crippen LogP contribution >= 0.6 is 0 Å². The first-order chi connectivity index (χ1) is 11.0. The van der Waals surface area contributed by atoms with Crippen molar-refractivity contribution in [1.29, 1.82) is 0 Å². The topological polar surface area (TPSA) is 97.1 Å². The average Bonchev–Trinajstić information content (AvgIpc) is 2.95. The number of nitrogens with one attached hydrogen (secondary N) is 1. The van der Waals surface area contributed by atoms with Gasteiger partial charge >= 0.3 is 12.1 Å². The Morgan fingerprint density at radius 2 is 1.96 bits per heavy atom. The lowest BCUT2D eigenvalue weighted by Gasteiger charge is -2.19. The summed E-state index contributed by atoms with van der Waals surface area (Å²) < 4.78 is 39.7. The average molecular weight is 342 g/mol. The molecule has 24 heavy (non-hydrogen) atoms. The molecule has 0 saturated carbocycles. The van der Waals surface area contributed by atoms with Crippen molar-refractivity contribution < 1.29 is 27.9 Å². The Bertz CT molecular complexity index is 784. The number of nitrogens with zero attached hydrogens (tertiary/aromatic N) is 3. The lowest BCUT2D eigenvalue weighted by Crippen LogP contribution is -2.35. The van der Waals surface area contributed by atoms with Crippen LogP contribution in [0.2, 0.25) is 0 Å². The molecule has 0 aliphatic carbocycles. The van der Waals surface area contributed by atoms with Gasteiger partial charge in [-0.15, -0.1) is 0 Å². The normalized spacial score (nSPS) is 12.0. The molecule has 1 amide bonds. The minimum absolute atomic E-state index is 0.0614. The molecule has 2 N–H and O–H groups in total. The zero-order valence-corrected chi connectivity index (χ0v) is 12.6. The van der Waals surface area contributed by atoms with Crippen LogP contribution in [0.5, 0.6) is 0 Å². The van der Waals surface area contributed by atoms with Crippen LogP contribution in [0.4, 0.5) is 18.9 Å². The Morgan fingerprint density at radius 3 is 2.54 bits per heavy atom. The summed E-state index contributed by atoms with van der Waals surface area (Å²) in [6, 6.07) is 2.21. The number of hydrogen-bond donors (Lipinski definition) is 2. The van der Waals surface area contributed by atoms with Crippen LogP contribution in [-0.2, 0) is 16.5 Å². The van der Waals surface area contributed by atoms with E-state index in [0.717, 1.165) is 23.1 Å². The van der Waals surface area contributed by atoms with Crippen molar-refractivity contribution >= 4 is 17.6 Å². The second-order valence-electron chi connectivity index (χ2n) is 5.39. The molecule has 0 unspecified atom stereocenters. The van der Waals surface area contributed by atoms with Gasteiger partial charge in [0.2, 0.25) is 0 Å². The van der Waals surface area contributed by atoms with Crippen LogP contribution in [-0.4, -0.2) is 31.7 Å². The summed E-state index contributed by atoms with van der Waals surface area (Å²) in [5.41, 5.74) is -3.27. The second kappa shape index (κ2) is 5.95. The molecule has 0 aliphatic heterocycles. The molecule has 128 valence electrons. The molecule has 2 rings (SSSR count). The Balaban J connectivity index is 2.27. The van der Waals surface area contributed by atoms with Gasteiger partial charge in [0.25, 0.3) is 5.91 Å². The molecule has 7 nitrogen and oxygen atoms in total. The Kier molecular flexibility index (Phi) is 4.32. The molecule has 0 saturated heterocycles. The smallest absolute Gasteiger partial charge is 0.434 e. The summed E-state index contributed by atoms with van der Waals surface area (Å²) >= 11 is 0. The van der Waals surface area contributed by atoms with Gasteiger partial charge in [0, 0.05) is 12.4 Å². The van der Waals surface area contributed by atoms with E-state index in [1.165, 1.54) is 26.1 Å². The molecular formula is C14H13F3N4O3. The number of carbonyl (C=O) groups is 2. The number of carboxylic acid groups (broad SMARTS) is 1. The minimum Gasteiger partial charge on any atom is -0.479 e. The van der Waals surface area contributed by atoms with Crippen LogP contribution < -0.4 is 5.32 Å². The lowest BCUT2D eigenvalue weighted by atomic mass is 10.1. The van der Waals surface area contributed by atoms with E-state index in [4.69, 9.17) is 5.11 Å². The van der Waals surface area contributed by atoms with Crippen molar-refractivity contribution in [2.45, 2.75) is 25.6 Å². The number of carbonyl (C=O) groups excluding carboxylic acids is 1. The van der Waals surface area contributed by atoms with Gasteiger partial charge < -0.3 is 10.4 Å². The maximum atomic E-state index is 12.9. The van der Waals surface area contributed by atoms with Crippen LogP contribution in [0.25, 0.3) is 0 Å². The van der Waals surface area contributed by atoms with Gasteiger partial charge in [0.05, 0.1) is 17.4 Å². The van der Waals surface area contributed by atoms with Crippen LogP contribution in [0.3, 0.4) is 0 Å². The van der Waals surface area contributed by atoms with Gasteiger partial charge in [-0.3, -0.25) is 14.5 Å². The number of amides is 1. The van der Waals surface area contributed by atoms with Gasteiger partial charge in [0.1, 0.15) is 0 Å². The van der Waals surface area contributed by atoms with Crippen molar-refractivity contribution in [3.8, 4) is 0 Å². The molecule has 2 aromatic heterocycles. The first-order valence-electron chi connectivity index (χ1n) is 6.65. The van der Waals surface area contributed by atoms with Gasteiger partial charge in [-0.05, 0) is 26.0 Å². The van der Waals surface area contributed by atoms with Crippen molar-refractivity contribution in [2.24, 2.45) is 0 Å². The fourth-order valence-electron chi connectivity index (χ4n) is 1.80. The molecule has 2 aromatic rings. The van der Waals surface area contributed by atoms with E-state index in [-0.39, 0.29) is 5.69 Å². The molecule has 0 bridgehead atoms. The lowest BCUT2D eigenvalue weighted by molar-refractivity contribution is -0.146. The van der Waals surface area contributed by atoms with Gasteiger partial charge in [0.15, 0.2) is 11.2 Å². The number of hydrogen-bond acceptors (Lipinski definition) is 4. The molecule has 10 heteroatoms. The molecule has 2 heterocycles. The van der Waals surface area contributed by atoms with Crippen LogP contribution in [0.15, 0.2) is 30.7 Å². The molecule has 0 atom stereocenters. The van der Waals surface area contributed by atoms with E-state index < -0.39 is 34.8 Å². The molecule has 0 spiro atoms. The van der Waals surface area contributed by atoms with Gasteiger partial charge in [-0.25, -0.2) is 4.79 Å². The number of aromatic nitrogens is 3. The Hall–Kier alpha value is -2.91. The third kappa shape index (κ3) is 3.36. The van der Waals surface area contributed by atoms with Gasteiger partial charge in [-0.1, -0.05) is 0 Å². The van der Waals surface area contributed by atoms with E-state index in [0.29, 0.717) is 0 Å². The van der Waals surface area contributed by atoms with Crippen molar-refractivity contribution in [3.63, 3.8) is 0 Å². The highest BCUT2D eigenvalue weighted by Crippen LogP contribution is 2.30. The highest BCUT2D eigenvalue weighted by Gasteiger charge is 2.37. The monoisotopic (exact) mass is 342 g/mol. The number of anilines is 1. The first-order valence-corrected chi connectivity index (χ1v) is 6.65. The number of halogens is 3. The minimum atomic E-state index is -4.77. The number of aliphatic carboxylic acids is 1. The fraction of sp³-hybridized carbons (Fsp3) is 0.286. The van der Waals surface area contributed by atoms with E-state index in [1.807, 2.05) is 0 Å². The van der Waals surface area contributed by atoms with Crippen molar-refractivity contribution in [3.05, 3.63) is 42.0 Å². The highest BCUT2D eigenvalue weighted by atomic mass is 19.4. The molecule has 0 aliphatic rings. The van der Waals surface area contributed by atoms with Crippen molar-refractivity contribution in [1.82, 2.24) is 14.8 Å². The number of carboxylic acids is 1.